The maximum Gasteiger partial charge on any atom is 0.410 e. The summed E-state index contributed by atoms with van der Waals surface area (Å²) in [5, 5.41) is 9.24. The van der Waals surface area contributed by atoms with Gasteiger partial charge in [-0.25, -0.2) is 9.59 Å². The fraction of sp³-hybridized carbons (Fsp3) is 0.333. The summed E-state index contributed by atoms with van der Waals surface area (Å²) in [6.07, 6.45) is -6.26. The molecule has 2 aromatic carbocycles. The molecule has 4 rings (SSSR count). The van der Waals surface area contributed by atoms with Crippen molar-refractivity contribution in [1.82, 2.24) is 4.90 Å². The van der Waals surface area contributed by atoms with Crippen LogP contribution in [0.5, 0.6) is 0 Å². The standard InChI is InChI=1S/C21H18F3NO4/c22-21(23,24)12-9-18(19(26)27)25(10-12)20(28)29-11-17-15-7-3-1-5-13(15)14-6-2-4-8-16(14)17/h1-8,12,17-18H,9-11H2,(H,26,27). The van der Waals surface area contributed by atoms with E-state index in [0.29, 0.717) is 4.90 Å². The van der Waals surface area contributed by atoms with Crippen molar-refractivity contribution < 1.29 is 32.6 Å². The van der Waals surface area contributed by atoms with Crippen molar-refractivity contribution >= 4 is 12.1 Å². The lowest BCUT2D eigenvalue weighted by Gasteiger charge is -2.22. The van der Waals surface area contributed by atoms with Crippen LogP contribution in [0.25, 0.3) is 11.1 Å². The molecule has 2 aromatic rings. The normalized spacial score (nSPS) is 21.0. The molecule has 2 atom stereocenters. The molecule has 0 bridgehead atoms. The van der Waals surface area contributed by atoms with Crippen molar-refractivity contribution in [2.24, 2.45) is 5.92 Å². The summed E-state index contributed by atoms with van der Waals surface area (Å²) >= 11 is 0. The van der Waals surface area contributed by atoms with Gasteiger partial charge in [-0.05, 0) is 28.7 Å². The van der Waals surface area contributed by atoms with Crippen LogP contribution in [0.2, 0.25) is 0 Å². The third-order valence-corrected chi connectivity index (χ3v) is 5.62. The van der Waals surface area contributed by atoms with Gasteiger partial charge < -0.3 is 9.84 Å². The second-order valence-electron chi connectivity index (χ2n) is 7.28. The molecule has 29 heavy (non-hydrogen) atoms. The van der Waals surface area contributed by atoms with Gasteiger partial charge in [0, 0.05) is 12.5 Å². The van der Waals surface area contributed by atoms with Gasteiger partial charge in [-0.15, -0.1) is 0 Å². The van der Waals surface area contributed by atoms with Gasteiger partial charge in [0.1, 0.15) is 12.6 Å². The summed E-state index contributed by atoms with van der Waals surface area (Å²) in [7, 11) is 0. The largest absolute Gasteiger partial charge is 0.480 e. The Kier molecular flexibility index (Phi) is 4.72. The molecule has 5 nitrogen and oxygen atoms in total. The van der Waals surface area contributed by atoms with E-state index in [4.69, 9.17) is 4.74 Å². The van der Waals surface area contributed by atoms with Crippen LogP contribution in [-0.2, 0) is 9.53 Å². The number of hydrogen-bond acceptors (Lipinski definition) is 3. The molecule has 1 heterocycles. The molecule has 1 N–H and O–H groups in total. The second-order valence-corrected chi connectivity index (χ2v) is 7.28. The molecule has 152 valence electrons. The van der Waals surface area contributed by atoms with Crippen LogP contribution in [0.15, 0.2) is 48.5 Å². The molecule has 1 fully saturated rings. The first kappa shape index (κ1) is 19.3. The Morgan fingerprint density at radius 1 is 1.03 bits per heavy atom. The average molecular weight is 405 g/mol. The third kappa shape index (κ3) is 3.43. The smallest absolute Gasteiger partial charge is 0.410 e. The van der Waals surface area contributed by atoms with E-state index >= 15 is 0 Å². The summed E-state index contributed by atoms with van der Waals surface area (Å²) in [5.41, 5.74) is 3.97. The summed E-state index contributed by atoms with van der Waals surface area (Å²) in [6, 6.07) is 13.8. The number of amides is 1. The predicted octanol–water partition coefficient (Wildman–Crippen LogP) is 4.27. The van der Waals surface area contributed by atoms with Crippen molar-refractivity contribution in [2.75, 3.05) is 13.2 Å². The number of benzene rings is 2. The number of carbonyl (C=O) groups excluding carboxylic acids is 1. The van der Waals surface area contributed by atoms with Crippen molar-refractivity contribution in [2.45, 2.75) is 24.6 Å². The second kappa shape index (κ2) is 7.09. The highest BCUT2D eigenvalue weighted by atomic mass is 19.4. The van der Waals surface area contributed by atoms with Crippen LogP contribution in [0.3, 0.4) is 0 Å². The minimum atomic E-state index is -4.56. The van der Waals surface area contributed by atoms with Gasteiger partial charge >= 0.3 is 18.2 Å². The van der Waals surface area contributed by atoms with Crippen molar-refractivity contribution in [1.29, 1.82) is 0 Å². The zero-order chi connectivity index (χ0) is 20.8. The quantitative estimate of drug-likeness (QED) is 0.828. The molecule has 1 saturated heterocycles. The molecule has 8 heteroatoms. The molecule has 0 spiro atoms. The van der Waals surface area contributed by atoms with Crippen LogP contribution < -0.4 is 0 Å². The highest BCUT2D eigenvalue weighted by Crippen LogP contribution is 2.44. The number of carbonyl (C=O) groups is 2. The zero-order valence-electron chi connectivity index (χ0n) is 15.2. The third-order valence-electron chi connectivity index (χ3n) is 5.62. The summed E-state index contributed by atoms with van der Waals surface area (Å²) in [6.45, 7) is -0.788. The molecule has 0 radical (unpaired) electrons. The number of carboxylic acids is 1. The predicted molar refractivity (Wildman–Crippen MR) is 97.4 cm³/mol. The van der Waals surface area contributed by atoms with Crippen LogP contribution in [0.1, 0.15) is 23.5 Å². The lowest BCUT2D eigenvalue weighted by Crippen LogP contribution is -2.41. The van der Waals surface area contributed by atoms with E-state index < -0.39 is 43.2 Å². The SMILES string of the molecule is O=C(O)C1CC(C(F)(F)F)CN1C(=O)OCC1c2ccccc2-c2ccccc21. The average Bonchev–Trinajstić information content (AvgIpc) is 3.27. The topological polar surface area (TPSA) is 66.8 Å². The number of rotatable bonds is 3. The van der Waals surface area contributed by atoms with Gasteiger partial charge in [-0.3, -0.25) is 4.90 Å². The highest BCUT2D eigenvalue weighted by molar-refractivity contribution is 5.81. The van der Waals surface area contributed by atoms with Gasteiger partial charge in [-0.2, -0.15) is 13.2 Å². The number of nitrogens with zero attached hydrogens (tertiary/aromatic N) is 1. The molecule has 1 amide bonds. The molecule has 1 aliphatic heterocycles. The fourth-order valence-electron chi connectivity index (χ4n) is 4.19. The number of alkyl halides is 3. The van der Waals surface area contributed by atoms with Crippen LogP contribution in [0.4, 0.5) is 18.0 Å². The molecule has 2 aliphatic rings. The molecule has 0 aromatic heterocycles. The highest BCUT2D eigenvalue weighted by Gasteiger charge is 2.51. The Bertz CT molecular complexity index is 913. The van der Waals surface area contributed by atoms with Gasteiger partial charge in [0.2, 0.25) is 0 Å². The maximum absolute atomic E-state index is 13.0. The summed E-state index contributed by atoms with van der Waals surface area (Å²) < 4.78 is 44.4. The molecular weight excluding hydrogens is 387 g/mol. The Hall–Kier alpha value is -3.03. The van der Waals surface area contributed by atoms with Crippen molar-refractivity contribution in [3.05, 3.63) is 59.7 Å². The zero-order valence-corrected chi connectivity index (χ0v) is 15.2. The number of ether oxygens (including phenoxy) is 1. The number of halogens is 3. The number of fused-ring (bicyclic) bond motifs is 3. The molecule has 0 saturated carbocycles. The van der Waals surface area contributed by atoms with E-state index in [2.05, 4.69) is 0 Å². The number of hydrogen-bond donors (Lipinski definition) is 1. The number of carboxylic acid groups (broad SMARTS) is 1. The summed E-state index contributed by atoms with van der Waals surface area (Å²) in [4.78, 5) is 24.5. The Morgan fingerprint density at radius 2 is 1.59 bits per heavy atom. The van der Waals surface area contributed by atoms with Gasteiger partial charge in [0.25, 0.3) is 0 Å². The van der Waals surface area contributed by atoms with E-state index in [1.807, 2.05) is 48.5 Å². The monoisotopic (exact) mass is 405 g/mol. The molecule has 1 aliphatic carbocycles. The Labute approximate surface area is 164 Å². The van der Waals surface area contributed by atoms with Crippen molar-refractivity contribution in [3.8, 4) is 11.1 Å². The van der Waals surface area contributed by atoms with Crippen LogP contribution >= 0.6 is 0 Å². The van der Waals surface area contributed by atoms with Crippen LogP contribution in [0, 0.1) is 5.92 Å². The number of aliphatic carboxylic acids is 1. The van der Waals surface area contributed by atoms with E-state index in [9.17, 15) is 27.9 Å². The van der Waals surface area contributed by atoms with Gasteiger partial charge in [-0.1, -0.05) is 48.5 Å². The maximum atomic E-state index is 13.0. The van der Waals surface area contributed by atoms with E-state index in [1.165, 1.54) is 0 Å². The van der Waals surface area contributed by atoms with Gasteiger partial charge in [0.15, 0.2) is 0 Å². The van der Waals surface area contributed by atoms with E-state index in [1.54, 1.807) is 0 Å². The lowest BCUT2D eigenvalue weighted by molar-refractivity contribution is -0.170. The first-order chi connectivity index (χ1) is 13.8. The molecule has 2 unspecified atom stereocenters. The van der Waals surface area contributed by atoms with Crippen LogP contribution in [-0.4, -0.2) is 47.4 Å². The first-order valence-corrected chi connectivity index (χ1v) is 9.18. The Balaban J connectivity index is 1.52. The van der Waals surface area contributed by atoms with E-state index in [0.717, 1.165) is 22.3 Å². The molecular formula is C21H18F3NO4. The van der Waals surface area contributed by atoms with Crippen molar-refractivity contribution in [3.63, 3.8) is 0 Å². The van der Waals surface area contributed by atoms with Gasteiger partial charge in [0.05, 0.1) is 5.92 Å². The number of likely N-dealkylation sites (tertiary alicyclic amines) is 1. The summed E-state index contributed by atoms with van der Waals surface area (Å²) in [5.74, 6) is -3.59. The van der Waals surface area contributed by atoms with E-state index in [-0.39, 0.29) is 12.5 Å². The lowest BCUT2D eigenvalue weighted by atomic mass is 9.98. The minimum absolute atomic E-state index is 0.0770. The Morgan fingerprint density at radius 3 is 2.10 bits per heavy atom. The minimum Gasteiger partial charge on any atom is -0.480 e. The first-order valence-electron chi connectivity index (χ1n) is 9.18. The fourth-order valence-corrected chi connectivity index (χ4v) is 4.19.